The summed E-state index contributed by atoms with van der Waals surface area (Å²) in [5.41, 5.74) is 1.53. The van der Waals surface area contributed by atoms with Gasteiger partial charge in [0.05, 0.1) is 36.8 Å². The topological polar surface area (TPSA) is 58.4 Å². The first-order valence-electron chi connectivity index (χ1n) is 5.54. The minimum absolute atomic E-state index is 0.0560. The van der Waals surface area contributed by atoms with Crippen LogP contribution in [0, 0.1) is 11.3 Å². The molecule has 1 saturated heterocycles. The van der Waals surface area contributed by atoms with Crippen LogP contribution in [0.15, 0.2) is 18.5 Å². The van der Waals surface area contributed by atoms with Crippen LogP contribution >= 0.6 is 0 Å². The molecule has 0 amide bonds. The molecule has 0 unspecified atom stereocenters. The second kappa shape index (κ2) is 5.62. The molecule has 0 aliphatic carbocycles. The molecule has 0 radical (unpaired) electrons. The fourth-order valence-corrected chi connectivity index (χ4v) is 1.96. The number of rotatable bonds is 3. The summed E-state index contributed by atoms with van der Waals surface area (Å²) in [6, 6.07) is 3.92. The Morgan fingerprint density at radius 3 is 3.35 bits per heavy atom. The lowest BCUT2D eigenvalue weighted by molar-refractivity contribution is -0.0100. The molecule has 2 rings (SSSR count). The second-order valence-electron chi connectivity index (χ2n) is 3.90. The standard InChI is InChI=1S/C12H15N3O2/c1-16-9-11-8-15(4-5-17-11)12-7-14-3-2-10(12)6-13/h2-3,7,11H,4-5,8-9H2,1H3/t11-/m0/s1. The second-order valence-corrected chi connectivity index (χ2v) is 3.90. The lowest BCUT2D eigenvalue weighted by atomic mass is 10.2. The minimum atomic E-state index is 0.0560. The van der Waals surface area contributed by atoms with E-state index in [2.05, 4.69) is 16.0 Å². The quantitative estimate of drug-likeness (QED) is 0.773. The first kappa shape index (κ1) is 11.8. The molecule has 90 valence electrons. The zero-order chi connectivity index (χ0) is 12.1. The third-order valence-corrected chi connectivity index (χ3v) is 2.75. The molecule has 5 heteroatoms. The van der Waals surface area contributed by atoms with Crippen LogP contribution in [0.3, 0.4) is 0 Å². The number of nitriles is 1. The van der Waals surface area contributed by atoms with Crippen molar-refractivity contribution < 1.29 is 9.47 Å². The smallest absolute Gasteiger partial charge is 0.101 e. The van der Waals surface area contributed by atoms with Gasteiger partial charge >= 0.3 is 0 Å². The fourth-order valence-electron chi connectivity index (χ4n) is 1.96. The van der Waals surface area contributed by atoms with Crippen molar-refractivity contribution in [1.82, 2.24) is 4.98 Å². The van der Waals surface area contributed by atoms with E-state index in [1.165, 1.54) is 0 Å². The van der Waals surface area contributed by atoms with Crippen molar-refractivity contribution in [3.05, 3.63) is 24.0 Å². The molecule has 17 heavy (non-hydrogen) atoms. The number of nitrogens with zero attached hydrogens (tertiary/aromatic N) is 3. The molecule has 1 fully saturated rings. The Hall–Kier alpha value is -1.64. The molecule has 0 saturated carbocycles. The van der Waals surface area contributed by atoms with Gasteiger partial charge in [-0.05, 0) is 6.07 Å². The Labute approximate surface area is 101 Å². The predicted octanol–water partition coefficient (Wildman–Crippen LogP) is 0.805. The summed E-state index contributed by atoms with van der Waals surface area (Å²) in [5.74, 6) is 0. The Bertz CT molecular complexity index is 414. The zero-order valence-corrected chi connectivity index (χ0v) is 9.80. The van der Waals surface area contributed by atoms with Crippen molar-refractivity contribution in [3.63, 3.8) is 0 Å². The van der Waals surface area contributed by atoms with E-state index in [4.69, 9.17) is 14.7 Å². The van der Waals surface area contributed by atoms with Gasteiger partial charge in [0, 0.05) is 26.4 Å². The minimum Gasteiger partial charge on any atom is -0.382 e. The van der Waals surface area contributed by atoms with E-state index < -0.39 is 0 Å². The van der Waals surface area contributed by atoms with Crippen molar-refractivity contribution in [2.45, 2.75) is 6.10 Å². The SMILES string of the molecule is COC[C@@H]1CN(c2cnccc2C#N)CCO1. The molecule has 0 N–H and O–H groups in total. The Morgan fingerprint density at radius 1 is 1.71 bits per heavy atom. The normalized spacial score (nSPS) is 20.0. The van der Waals surface area contributed by atoms with E-state index in [0.717, 1.165) is 18.8 Å². The average molecular weight is 233 g/mol. The highest BCUT2D eigenvalue weighted by Gasteiger charge is 2.22. The van der Waals surface area contributed by atoms with E-state index in [0.29, 0.717) is 18.8 Å². The maximum atomic E-state index is 9.06. The third-order valence-electron chi connectivity index (χ3n) is 2.75. The number of hydrogen-bond acceptors (Lipinski definition) is 5. The molecule has 0 bridgehead atoms. The van der Waals surface area contributed by atoms with E-state index in [9.17, 15) is 0 Å². The van der Waals surface area contributed by atoms with Gasteiger partial charge in [-0.25, -0.2) is 0 Å². The molecular formula is C12H15N3O2. The van der Waals surface area contributed by atoms with Crippen LogP contribution < -0.4 is 4.90 Å². The van der Waals surface area contributed by atoms with Gasteiger partial charge in [-0.15, -0.1) is 0 Å². The molecule has 5 nitrogen and oxygen atoms in total. The molecule has 0 aromatic carbocycles. The Morgan fingerprint density at radius 2 is 2.59 bits per heavy atom. The van der Waals surface area contributed by atoms with E-state index in [-0.39, 0.29) is 6.10 Å². The van der Waals surface area contributed by atoms with Crippen molar-refractivity contribution >= 4 is 5.69 Å². The summed E-state index contributed by atoms with van der Waals surface area (Å²) in [4.78, 5) is 6.20. The van der Waals surface area contributed by atoms with Gasteiger partial charge in [0.15, 0.2) is 0 Å². The molecule has 1 atom stereocenters. The molecule has 1 aliphatic rings. The number of aromatic nitrogens is 1. The number of ether oxygens (including phenoxy) is 2. The van der Waals surface area contributed by atoms with Crippen molar-refractivity contribution in [2.24, 2.45) is 0 Å². The molecule has 0 spiro atoms. The van der Waals surface area contributed by atoms with E-state index >= 15 is 0 Å². The van der Waals surface area contributed by atoms with Gasteiger partial charge in [0.1, 0.15) is 6.07 Å². The summed E-state index contributed by atoms with van der Waals surface area (Å²) in [7, 11) is 1.66. The summed E-state index contributed by atoms with van der Waals surface area (Å²) in [6.07, 6.45) is 3.42. The molecule has 1 aromatic rings. The fraction of sp³-hybridized carbons (Fsp3) is 0.500. The average Bonchev–Trinajstić information content (AvgIpc) is 2.39. The zero-order valence-electron chi connectivity index (χ0n) is 9.80. The number of methoxy groups -OCH3 is 1. The number of hydrogen-bond donors (Lipinski definition) is 0. The highest BCUT2D eigenvalue weighted by molar-refractivity contribution is 5.57. The van der Waals surface area contributed by atoms with E-state index in [1.807, 2.05) is 0 Å². The van der Waals surface area contributed by atoms with Crippen molar-refractivity contribution in [2.75, 3.05) is 38.3 Å². The maximum Gasteiger partial charge on any atom is 0.101 e. The number of anilines is 1. The van der Waals surface area contributed by atoms with Crippen LogP contribution in [0.25, 0.3) is 0 Å². The lowest BCUT2D eigenvalue weighted by Gasteiger charge is -2.34. The molecule has 2 heterocycles. The van der Waals surface area contributed by atoms with Crippen LogP contribution in [0.2, 0.25) is 0 Å². The van der Waals surface area contributed by atoms with Crippen LogP contribution in [0.1, 0.15) is 5.56 Å². The van der Waals surface area contributed by atoms with Gasteiger partial charge in [-0.1, -0.05) is 0 Å². The number of pyridine rings is 1. The summed E-state index contributed by atoms with van der Waals surface area (Å²) in [6.45, 7) is 2.72. The van der Waals surface area contributed by atoms with Gasteiger partial charge in [-0.2, -0.15) is 5.26 Å². The first-order valence-corrected chi connectivity index (χ1v) is 5.54. The van der Waals surface area contributed by atoms with E-state index in [1.54, 1.807) is 25.6 Å². The van der Waals surface area contributed by atoms with Gasteiger partial charge in [0.25, 0.3) is 0 Å². The third kappa shape index (κ3) is 2.73. The van der Waals surface area contributed by atoms with Crippen molar-refractivity contribution in [3.8, 4) is 6.07 Å². The van der Waals surface area contributed by atoms with Crippen molar-refractivity contribution in [1.29, 1.82) is 5.26 Å². The highest BCUT2D eigenvalue weighted by atomic mass is 16.5. The molecule has 1 aromatic heterocycles. The maximum absolute atomic E-state index is 9.06. The summed E-state index contributed by atoms with van der Waals surface area (Å²) >= 11 is 0. The van der Waals surface area contributed by atoms with Crippen LogP contribution in [0.5, 0.6) is 0 Å². The summed E-state index contributed by atoms with van der Waals surface area (Å²) < 4.78 is 10.7. The van der Waals surface area contributed by atoms with Gasteiger partial charge in [-0.3, -0.25) is 4.98 Å². The van der Waals surface area contributed by atoms with Gasteiger partial charge in [0.2, 0.25) is 0 Å². The first-order chi connectivity index (χ1) is 8.35. The number of morpholine rings is 1. The highest BCUT2D eigenvalue weighted by Crippen LogP contribution is 2.20. The van der Waals surface area contributed by atoms with Crippen LogP contribution in [-0.4, -0.2) is 44.5 Å². The monoisotopic (exact) mass is 233 g/mol. The van der Waals surface area contributed by atoms with Crippen LogP contribution in [0.4, 0.5) is 5.69 Å². The molecular weight excluding hydrogens is 218 g/mol. The Balaban J connectivity index is 2.14. The predicted molar refractivity (Wildman–Crippen MR) is 62.8 cm³/mol. The Kier molecular flexibility index (Phi) is 3.91. The largest absolute Gasteiger partial charge is 0.382 e. The lowest BCUT2D eigenvalue weighted by Crippen LogP contribution is -2.44. The van der Waals surface area contributed by atoms with Gasteiger partial charge < -0.3 is 14.4 Å². The summed E-state index contributed by atoms with van der Waals surface area (Å²) in [5, 5.41) is 9.06. The van der Waals surface area contributed by atoms with Crippen LogP contribution in [-0.2, 0) is 9.47 Å². The molecule has 1 aliphatic heterocycles.